The average Bonchev–Trinajstić information content (AvgIpc) is 3.50. The lowest BCUT2D eigenvalue weighted by Gasteiger charge is -2.27. The fraction of sp³-hybridized carbons (Fsp3) is 0.381. The molecular weight excluding hydrogens is 370 g/mol. The summed E-state index contributed by atoms with van der Waals surface area (Å²) in [5, 5.41) is 15.8. The summed E-state index contributed by atoms with van der Waals surface area (Å²) in [5.41, 5.74) is 6.26. The summed E-state index contributed by atoms with van der Waals surface area (Å²) in [4.78, 5) is 17.8. The van der Waals surface area contributed by atoms with Gasteiger partial charge in [-0.15, -0.1) is 0 Å². The van der Waals surface area contributed by atoms with E-state index in [1.165, 1.54) is 5.56 Å². The molecule has 1 amide bonds. The summed E-state index contributed by atoms with van der Waals surface area (Å²) >= 11 is 0. The number of hydrogen-bond acceptors (Lipinski definition) is 5. The van der Waals surface area contributed by atoms with Gasteiger partial charge in [-0.1, -0.05) is 12.1 Å². The van der Waals surface area contributed by atoms with Crippen molar-refractivity contribution in [2.24, 2.45) is 0 Å². The average molecular weight is 393 g/mol. The highest BCUT2D eigenvalue weighted by molar-refractivity contribution is 5.80. The van der Waals surface area contributed by atoms with Gasteiger partial charge < -0.3 is 20.1 Å². The second-order valence-electron chi connectivity index (χ2n) is 7.58. The second kappa shape index (κ2) is 7.36. The van der Waals surface area contributed by atoms with Crippen LogP contribution in [0.15, 0.2) is 36.8 Å². The summed E-state index contributed by atoms with van der Waals surface area (Å²) in [7, 11) is 0. The van der Waals surface area contributed by atoms with E-state index in [0.29, 0.717) is 12.5 Å². The summed E-state index contributed by atoms with van der Waals surface area (Å²) < 4.78 is 7.34. The molecule has 5 rings (SSSR count). The van der Waals surface area contributed by atoms with Crippen molar-refractivity contribution in [3.8, 4) is 11.3 Å². The third-order valence-electron chi connectivity index (χ3n) is 5.63. The van der Waals surface area contributed by atoms with Crippen LogP contribution in [0.5, 0.6) is 0 Å². The molecule has 29 heavy (non-hydrogen) atoms. The molecule has 2 aromatic heterocycles. The Morgan fingerprint density at radius 1 is 1.24 bits per heavy atom. The van der Waals surface area contributed by atoms with Crippen LogP contribution >= 0.6 is 0 Å². The van der Waals surface area contributed by atoms with Gasteiger partial charge in [-0.2, -0.15) is 5.10 Å². The molecule has 1 aliphatic carbocycles. The Kier molecular flexibility index (Phi) is 4.55. The zero-order valence-electron chi connectivity index (χ0n) is 16.0. The van der Waals surface area contributed by atoms with Gasteiger partial charge in [-0.05, 0) is 42.0 Å². The fourth-order valence-electron chi connectivity index (χ4n) is 3.98. The minimum absolute atomic E-state index is 0.326. The molecule has 1 aromatic carbocycles. The maximum absolute atomic E-state index is 10.9. The number of rotatable bonds is 5. The zero-order valence-corrected chi connectivity index (χ0v) is 16.0. The van der Waals surface area contributed by atoms with E-state index in [2.05, 4.69) is 32.4 Å². The van der Waals surface area contributed by atoms with Gasteiger partial charge in [0.25, 0.3) is 0 Å². The van der Waals surface area contributed by atoms with Gasteiger partial charge in [0, 0.05) is 25.2 Å². The van der Waals surface area contributed by atoms with Crippen LogP contribution in [0.25, 0.3) is 16.8 Å². The molecule has 2 N–H and O–H groups in total. The number of benzene rings is 1. The van der Waals surface area contributed by atoms with Crippen LogP contribution in [-0.2, 0) is 11.3 Å². The van der Waals surface area contributed by atoms with Crippen LogP contribution in [0.4, 0.5) is 10.5 Å². The highest BCUT2D eigenvalue weighted by atomic mass is 16.5. The number of anilines is 1. The maximum atomic E-state index is 10.9. The molecule has 0 radical (unpaired) electrons. The van der Waals surface area contributed by atoms with Gasteiger partial charge >= 0.3 is 6.09 Å². The highest BCUT2D eigenvalue weighted by Crippen LogP contribution is 2.43. The Labute approximate surface area is 168 Å². The van der Waals surface area contributed by atoms with E-state index in [9.17, 15) is 4.79 Å². The van der Waals surface area contributed by atoms with E-state index in [4.69, 9.17) is 9.84 Å². The number of aromatic nitrogens is 3. The van der Waals surface area contributed by atoms with E-state index in [-0.39, 0.29) is 0 Å². The number of hydrogen-bond donors (Lipinski definition) is 2. The molecule has 1 saturated carbocycles. The SMILES string of the molecule is O=C(O)NCc1ccc(-c2ncnn3cc(N4CCOCC4)cc23)cc1C1CC1. The number of nitrogens with zero attached hydrogens (tertiary/aromatic N) is 4. The molecule has 8 heteroatoms. The van der Waals surface area contributed by atoms with Crippen LogP contribution in [0, 0.1) is 0 Å². The first-order valence-corrected chi connectivity index (χ1v) is 9.95. The highest BCUT2D eigenvalue weighted by Gasteiger charge is 2.27. The van der Waals surface area contributed by atoms with Gasteiger partial charge in [0.2, 0.25) is 0 Å². The number of morpholine rings is 1. The van der Waals surface area contributed by atoms with Crippen LogP contribution in [0.3, 0.4) is 0 Å². The summed E-state index contributed by atoms with van der Waals surface area (Å²) in [6.07, 6.45) is 4.92. The summed E-state index contributed by atoms with van der Waals surface area (Å²) in [6, 6.07) is 8.34. The Balaban J connectivity index is 1.52. The lowest BCUT2D eigenvalue weighted by Crippen LogP contribution is -2.35. The standard InChI is InChI=1S/C21H23N5O3/c27-21(28)22-11-16-4-3-15(9-18(16)14-1-2-14)20-19-10-17(12-26(19)24-13-23-20)25-5-7-29-8-6-25/h3-4,9-10,12-14,22H,1-2,5-8,11H2,(H,27,28). The molecule has 0 atom stereocenters. The Morgan fingerprint density at radius 2 is 2.07 bits per heavy atom. The predicted molar refractivity (Wildman–Crippen MR) is 108 cm³/mol. The first-order valence-electron chi connectivity index (χ1n) is 9.95. The van der Waals surface area contributed by atoms with E-state index in [1.54, 1.807) is 6.33 Å². The Bertz CT molecular complexity index is 1050. The van der Waals surface area contributed by atoms with Gasteiger partial charge in [0.15, 0.2) is 0 Å². The minimum Gasteiger partial charge on any atom is -0.465 e. The van der Waals surface area contributed by atoms with Crippen molar-refractivity contribution in [1.82, 2.24) is 19.9 Å². The van der Waals surface area contributed by atoms with Gasteiger partial charge in [0.1, 0.15) is 6.33 Å². The Morgan fingerprint density at radius 3 is 2.83 bits per heavy atom. The van der Waals surface area contributed by atoms with Crippen molar-refractivity contribution in [3.05, 3.63) is 47.9 Å². The molecule has 1 saturated heterocycles. The summed E-state index contributed by atoms with van der Waals surface area (Å²) in [6.45, 7) is 3.54. The van der Waals surface area contributed by atoms with Crippen LogP contribution in [0.1, 0.15) is 29.9 Å². The van der Waals surface area contributed by atoms with Crippen molar-refractivity contribution < 1.29 is 14.6 Å². The molecule has 2 aliphatic rings. The molecule has 2 fully saturated rings. The van der Waals surface area contributed by atoms with Crippen molar-refractivity contribution in [1.29, 1.82) is 0 Å². The number of amides is 1. The topological polar surface area (TPSA) is 92.0 Å². The molecule has 1 aliphatic heterocycles. The monoisotopic (exact) mass is 393 g/mol. The van der Waals surface area contributed by atoms with Gasteiger partial charge in [0.05, 0.1) is 36.3 Å². The predicted octanol–water partition coefficient (Wildman–Crippen LogP) is 2.88. The van der Waals surface area contributed by atoms with E-state index < -0.39 is 6.09 Å². The Hall–Kier alpha value is -3.13. The second-order valence-corrected chi connectivity index (χ2v) is 7.58. The largest absolute Gasteiger partial charge is 0.465 e. The van der Waals surface area contributed by atoms with E-state index in [1.807, 2.05) is 22.8 Å². The van der Waals surface area contributed by atoms with Gasteiger partial charge in [-0.3, -0.25) is 0 Å². The molecule has 3 heterocycles. The minimum atomic E-state index is -1.00. The van der Waals surface area contributed by atoms with E-state index in [0.717, 1.165) is 67.2 Å². The van der Waals surface area contributed by atoms with Crippen LogP contribution in [-0.4, -0.2) is 52.1 Å². The van der Waals surface area contributed by atoms with Crippen molar-refractivity contribution >= 4 is 17.3 Å². The number of carbonyl (C=O) groups is 1. The van der Waals surface area contributed by atoms with Crippen LogP contribution in [0.2, 0.25) is 0 Å². The fourth-order valence-corrected chi connectivity index (χ4v) is 3.98. The first kappa shape index (κ1) is 17.9. The normalized spacial score (nSPS) is 16.9. The number of fused-ring (bicyclic) bond motifs is 1. The smallest absolute Gasteiger partial charge is 0.404 e. The number of carboxylic acid groups (broad SMARTS) is 1. The molecule has 0 spiro atoms. The zero-order chi connectivity index (χ0) is 19.8. The number of nitrogens with one attached hydrogen (secondary N) is 1. The quantitative estimate of drug-likeness (QED) is 0.693. The van der Waals surface area contributed by atoms with Crippen molar-refractivity contribution in [2.75, 3.05) is 31.2 Å². The van der Waals surface area contributed by atoms with Crippen molar-refractivity contribution in [2.45, 2.75) is 25.3 Å². The number of ether oxygens (including phenoxy) is 1. The van der Waals surface area contributed by atoms with E-state index >= 15 is 0 Å². The third kappa shape index (κ3) is 3.63. The van der Waals surface area contributed by atoms with Gasteiger partial charge in [-0.25, -0.2) is 14.3 Å². The molecule has 150 valence electrons. The van der Waals surface area contributed by atoms with Crippen molar-refractivity contribution in [3.63, 3.8) is 0 Å². The summed E-state index contributed by atoms with van der Waals surface area (Å²) in [5.74, 6) is 0.508. The molecule has 0 unspecified atom stereocenters. The molecule has 3 aromatic rings. The molecule has 8 nitrogen and oxygen atoms in total. The third-order valence-corrected chi connectivity index (χ3v) is 5.63. The molecular formula is C21H23N5O3. The first-order chi connectivity index (χ1) is 14.2. The van der Waals surface area contributed by atoms with Crippen LogP contribution < -0.4 is 10.2 Å². The lowest BCUT2D eigenvalue weighted by atomic mass is 9.98. The maximum Gasteiger partial charge on any atom is 0.404 e. The lowest BCUT2D eigenvalue weighted by molar-refractivity contribution is 0.122. The molecule has 0 bridgehead atoms.